The third kappa shape index (κ3) is 4.17. The number of amides is 1. The topological polar surface area (TPSA) is 23.6 Å². The Kier molecular flexibility index (Phi) is 5.37. The molecule has 5 rings (SSSR count). The number of hydrogen-bond donors (Lipinski definition) is 0. The summed E-state index contributed by atoms with van der Waals surface area (Å²) in [4.78, 5) is 18.0. The van der Waals surface area contributed by atoms with Gasteiger partial charge in [0.2, 0.25) is 5.91 Å². The van der Waals surface area contributed by atoms with Gasteiger partial charge in [0.1, 0.15) is 0 Å². The highest BCUT2D eigenvalue weighted by atomic mass is 16.2. The Hall–Kier alpha value is -2.91. The molecule has 1 aliphatic carbocycles. The lowest BCUT2D eigenvalue weighted by molar-refractivity contribution is -0.135. The number of nitrogens with zero attached hydrogens (tertiary/aromatic N) is 2. The summed E-state index contributed by atoms with van der Waals surface area (Å²) in [7, 11) is 0. The third-order valence-corrected chi connectivity index (χ3v) is 6.40. The Morgan fingerprint density at radius 2 is 1.40 bits per heavy atom. The molecule has 1 unspecified atom stereocenters. The maximum Gasteiger partial charge on any atom is 0.227 e. The third-order valence-electron chi connectivity index (χ3n) is 6.40. The maximum absolute atomic E-state index is 13.3. The molecule has 1 saturated carbocycles. The molecule has 1 aliphatic heterocycles. The molecular weight excluding hydrogens is 368 g/mol. The average molecular weight is 397 g/mol. The first-order valence-electron chi connectivity index (χ1n) is 11.0. The van der Waals surface area contributed by atoms with E-state index in [9.17, 15) is 4.79 Å². The summed E-state index contributed by atoms with van der Waals surface area (Å²) in [5.41, 5.74) is 4.72. The SMILES string of the molecule is O=C(Cc1ccc(-c2ccccc2)cc1)N1CCN(C2CC2)CC1c1ccccc1. The van der Waals surface area contributed by atoms with Crippen molar-refractivity contribution in [3.63, 3.8) is 0 Å². The Bertz CT molecular complexity index is 980. The molecule has 1 saturated heterocycles. The van der Waals surface area contributed by atoms with Gasteiger partial charge in [-0.15, -0.1) is 0 Å². The van der Waals surface area contributed by atoms with Crippen molar-refractivity contribution in [3.05, 3.63) is 96.1 Å². The van der Waals surface area contributed by atoms with E-state index in [1.165, 1.54) is 29.5 Å². The van der Waals surface area contributed by atoms with E-state index < -0.39 is 0 Å². The highest BCUT2D eigenvalue weighted by Gasteiger charge is 2.37. The van der Waals surface area contributed by atoms with Crippen LogP contribution in [0.2, 0.25) is 0 Å². The Morgan fingerprint density at radius 3 is 2.07 bits per heavy atom. The van der Waals surface area contributed by atoms with Gasteiger partial charge < -0.3 is 4.90 Å². The molecule has 0 radical (unpaired) electrons. The van der Waals surface area contributed by atoms with Crippen LogP contribution in [0.5, 0.6) is 0 Å². The second kappa shape index (κ2) is 8.45. The van der Waals surface area contributed by atoms with Crippen LogP contribution < -0.4 is 0 Å². The highest BCUT2D eigenvalue weighted by molar-refractivity contribution is 5.80. The smallest absolute Gasteiger partial charge is 0.227 e. The van der Waals surface area contributed by atoms with Crippen LogP contribution in [0.3, 0.4) is 0 Å². The fourth-order valence-corrected chi connectivity index (χ4v) is 4.56. The van der Waals surface area contributed by atoms with Crippen molar-refractivity contribution in [2.75, 3.05) is 19.6 Å². The lowest BCUT2D eigenvalue weighted by atomic mass is 9.99. The predicted molar refractivity (Wildman–Crippen MR) is 121 cm³/mol. The van der Waals surface area contributed by atoms with Gasteiger partial charge in [-0.3, -0.25) is 9.69 Å². The summed E-state index contributed by atoms with van der Waals surface area (Å²) in [5, 5.41) is 0. The van der Waals surface area contributed by atoms with Gasteiger partial charge in [0.05, 0.1) is 12.5 Å². The monoisotopic (exact) mass is 396 g/mol. The number of rotatable bonds is 5. The van der Waals surface area contributed by atoms with Crippen molar-refractivity contribution in [2.24, 2.45) is 0 Å². The van der Waals surface area contributed by atoms with Crippen molar-refractivity contribution < 1.29 is 4.79 Å². The first kappa shape index (κ1) is 19.1. The summed E-state index contributed by atoms with van der Waals surface area (Å²) < 4.78 is 0. The van der Waals surface area contributed by atoms with Gasteiger partial charge in [-0.2, -0.15) is 0 Å². The Labute approximate surface area is 178 Å². The van der Waals surface area contributed by atoms with Crippen molar-refractivity contribution in [3.8, 4) is 11.1 Å². The van der Waals surface area contributed by atoms with Gasteiger partial charge in [-0.05, 0) is 35.1 Å². The summed E-state index contributed by atoms with van der Waals surface area (Å²) in [6.45, 7) is 2.76. The number of benzene rings is 3. The number of hydrogen-bond acceptors (Lipinski definition) is 2. The van der Waals surface area contributed by atoms with E-state index in [2.05, 4.69) is 82.6 Å². The highest BCUT2D eigenvalue weighted by Crippen LogP contribution is 2.33. The number of carbonyl (C=O) groups excluding carboxylic acids is 1. The lowest BCUT2D eigenvalue weighted by Gasteiger charge is -2.42. The summed E-state index contributed by atoms with van der Waals surface area (Å²) >= 11 is 0. The van der Waals surface area contributed by atoms with Crippen molar-refractivity contribution in [1.29, 1.82) is 0 Å². The molecule has 0 bridgehead atoms. The zero-order valence-corrected chi connectivity index (χ0v) is 17.3. The lowest BCUT2D eigenvalue weighted by Crippen LogP contribution is -2.51. The van der Waals surface area contributed by atoms with Crippen molar-refractivity contribution in [1.82, 2.24) is 9.80 Å². The molecule has 3 aromatic carbocycles. The molecule has 1 amide bonds. The first-order valence-corrected chi connectivity index (χ1v) is 11.0. The van der Waals surface area contributed by atoms with Gasteiger partial charge >= 0.3 is 0 Å². The molecule has 0 spiro atoms. The van der Waals surface area contributed by atoms with E-state index in [-0.39, 0.29) is 11.9 Å². The van der Waals surface area contributed by atoms with Crippen LogP contribution in [0.4, 0.5) is 0 Å². The minimum absolute atomic E-state index is 0.150. The molecule has 0 N–H and O–H groups in total. The fourth-order valence-electron chi connectivity index (χ4n) is 4.56. The minimum atomic E-state index is 0.150. The van der Waals surface area contributed by atoms with Crippen LogP contribution in [-0.2, 0) is 11.2 Å². The van der Waals surface area contributed by atoms with E-state index in [0.29, 0.717) is 6.42 Å². The minimum Gasteiger partial charge on any atom is -0.333 e. The number of carbonyl (C=O) groups is 1. The van der Waals surface area contributed by atoms with E-state index in [1.807, 2.05) is 12.1 Å². The summed E-state index contributed by atoms with van der Waals surface area (Å²) in [6, 6.07) is 30.2. The maximum atomic E-state index is 13.3. The molecular formula is C27H28N2O. The van der Waals surface area contributed by atoms with E-state index in [0.717, 1.165) is 31.2 Å². The fraction of sp³-hybridized carbons (Fsp3) is 0.296. The van der Waals surface area contributed by atoms with Gasteiger partial charge in [-0.25, -0.2) is 0 Å². The molecule has 2 aliphatic rings. The van der Waals surface area contributed by atoms with Gasteiger partial charge in [-0.1, -0.05) is 84.9 Å². The van der Waals surface area contributed by atoms with Crippen LogP contribution in [-0.4, -0.2) is 41.4 Å². The Balaban J connectivity index is 1.31. The average Bonchev–Trinajstić information content (AvgIpc) is 3.66. The molecule has 3 nitrogen and oxygen atoms in total. The molecule has 1 atom stereocenters. The van der Waals surface area contributed by atoms with Crippen LogP contribution in [0, 0.1) is 0 Å². The van der Waals surface area contributed by atoms with Crippen molar-refractivity contribution in [2.45, 2.75) is 31.3 Å². The molecule has 3 heteroatoms. The molecule has 3 aromatic rings. The molecule has 2 fully saturated rings. The normalized spacial score (nSPS) is 19.6. The predicted octanol–water partition coefficient (Wildman–Crippen LogP) is 4.94. The molecule has 1 heterocycles. The van der Waals surface area contributed by atoms with Crippen molar-refractivity contribution >= 4 is 5.91 Å². The largest absolute Gasteiger partial charge is 0.333 e. The quantitative estimate of drug-likeness (QED) is 0.610. The van der Waals surface area contributed by atoms with Crippen LogP contribution in [0.25, 0.3) is 11.1 Å². The number of piperazine rings is 1. The molecule has 30 heavy (non-hydrogen) atoms. The zero-order valence-electron chi connectivity index (χ0n) is 17.3. The van der Waals surface area contributed by atoms with Crippen LogP contribution >= 0.6 is 0 Å². The van der Waals surface area contributed by atoms with Gasteiger partial charge in [0, 0.05) is 25.7 Å². The first-order chi connectivity index (χ1) is 14.8. The molecule has 0 aromatic heterocycles. The van der Waals surface area contributed by atoms with Crippen LogP contribution in [0.1, 0.15) is 30.0 Å². The van der Waals surface area contributed by atoms with E-state index >= 15 is 0 Å². The van der Waals surface area contributed by atoms with E-state index in [1.54, 1.807) is 0 Å². The van der Waals surface area contributed by atoms with E-state index in [4.69, 9.17) is 0 Å². The summed E-state index contributed by atoms with van der Waals surface area (Å²) in [6.07, 6.45) is 3.08. The second-order valence-electron chi connectivity index (χ2n) is 8.48. The Morgan fingerprint density at radius 1 is 0.767 bits per heavy atom. The zero-order chi connectivity index (χ0) is 20.3. The standard InChI is InChI=1S/C27H28N2O/c30-27(19-21-11-13-23(14-12-21)22-7-3-1-4-8-22)29-18-17-28(25-15-16-25)20-26(29)24-9-5-2-6-10-24/h1-14,25-26H,15-20H2. The molecule has 152 valence electrons. The second-order valence-corrected chi connectivity index (χ2v) is 8.48. The van der Waals surface area contributed by atoms with Crippen LogP contribution in [0.15, 0.2) is 84.9 Å². The van der Waals surface area contributed by atoms with Gasteiger partial charge in [0.25, 0.3) is 0 Å². The summed E-state index contributed by atoms with van der Waals surface area (Å²) in [5.74, 6) is 0.228. The van der Waals surface area contributed by atoms with Gasteiger partial charge in [0.15, 0.2) is 0 Å².